The molecule has 0 N–H and O–H groups in total. The van der Waals surface area contributed by atoms with E-state index in [2.05, 4.69) is 25.1 Å². The van der Waals surface area contributed by atoms with Crippen molar-refractivity contribution in [2.75, 3.05) is 0 Å². The van der Waals surface area contributed by atoms with Gasteiger partial charge in [-0.1, -0.05) is 0 Å². The van der Waals surface area contributed by atoms with E-state index in [1.165, 1.54) is 18.5 Å². The lowest BCUT2D eigenvalue weighted by atomic mass is 10.1. The van der Waals surface area contributed by atoms with Crippen LogP contribution in [0.1, 0.15) is 40.5 Å². The number of hydrogen-bond acceptors (Lipinski definition) is 5. The maximum absolute atomic E-state index is 13.4. The van der Waals surface area contributed by atoms with E-state index in [4.69, 9.17) is 0 Å². The van der Waals surface area contributed by atoms with Crippen LogP contribution in [0.15, 0.2) is 36.8 Å². The van der Waals surface area contributed by atoms with Crippen molar-refractivity contribution in [3.8, 4) is 17.1 Å². The van der Waals surface area contributed by atoms with Crippen molar-refractivity contribution in [1.29, 1.82) is 0 Å². The highest BCUT2D eigenvalue weighted by Gasteiger charge is 2.32. The highest BCUT2D eigenvalue weighted by Crippen LogP contribution is 2.30. The van der Waals surface area contributed by atoms with Crippen LogP contribution in [0.2, 0.25) is 0 Å². The molecular weight excluding hydrogens is 445 g/mol. The Hall–Kier alpha value is -3.70. The molecule has 4 rings (SSSR count). The Morgan fingerprint density at radius 3 is 2.39 bits per heavy atom. The summed E-state index contributed by atoms with van der Waals surface area (Å²) in [6, 6.07) is 5.09. The first kappa shape index (κ1) is 22.5. The molecule has 0 aliphatic carbocycles. The van der Waals surface area contributed by atoms with Crippen LogP contribution in [0.4, 0.5) is 22.0 Å². The summed E-state index contributed by atoms with van der Waals surface area (Å²) in [5.41, 5.74) is 2.14. The molecule has 4 heterocycles. The number of nitrogens with zero attached hydrogens (tertiary/aromatic N) is 7. The first-order chi connectivity index (χ1) is 15.5. The Morgan fingerprint density at radius 2 is 1.76 bits per heavy atom. The topological polar surface area (TPSA) is 74.3 Å². The van der Waals surface area contributed by atoms with Gasteiger partial charge < -0.3 is 0 Å². The quantitative estimate of drug-likeness (QED) is 0.404. The monoisotopic (exact) mass is 463 g/mol. The number of alkyl halides is 5. The summed E-state index contributed by atoms with van der Waals surface area (Å²) in [6.45, 7) is 3.41. The predicted octanol–water partition coefficient (Wildman–Crippen LogP) is 4.62. The molecule has 0 spiro atoms. The third-order valence-electron chi connectivity index (χ3n) is 5.11. The van der Waals surface area contributed by atoms with Crippen LogP contribution in [0.5, 0.6) is 0 Å². The predicted molar refractivity (Wildman–Crippen MR) is 108 cm³/mol. The number of aromatic nitrogens is 7. The number of pyridine rings is 1. The molecule has 0 aliphatic rings. The Labute approximate surface area is 184 Å². The van der Waals surface area contributed by atoms with Gasteiger partial charge in [-0.3, -0.25) is 9.67 Å². The van der Waals surface area contributed by atoms with E-state index in [0.29, 0.717) is 29.1 Å². The van der Waals surface area contributed by atoms with Crippen molar-refractivity contribution in [3.05, 3.63) is 70.8 Å². The Morgan fingerprint density at radius 1 is 1.00 bits per heavy atom. The van der Waals surface area contributed by atoms with Gasteiger partial charge in [-0.2, -0.15) is 23.4 Å². The van der Waals surface area contributed by atoms with Gasteiger partial charge in [0.25, 0.3) is 6.43 Å². The molecule has 0 atom stereocenters. The number of rotatable bonds is 5. The van der Waals surface area contributed by atoms with Crippen molar-refractivity contribution in [2.24, 2.45) is 7.05 Å². The van der Waals surface area contributed by atoms with Gasteiger partial charge in [-0.05, 0) is 37.6 Å². The average molecular weight is 463 g/mol. The lowest BCUT2D eigenvalue weighted by Gasteiger charge is -2.08. The summed E-state index contributed by atoms with van der Waals surface area (Å²) in [6.07, 6.45) is -4.54. The highest BCUT2D eigenvalue weighted by atomic mass is 19.4. The van der Waals surface area contributed by atoms with E-state index < -0.39 is 18.3 Å². The molecule has 0 amide bonds. The summed E-state index contributed by atoms with van der Waals surface area (Å²) in [5, 5.41) is 8.52. The largest absolute Gasteiger partial charge is 0.433 e. The minimum atomic E-state index is -4.52. The van der Waals surface area contributed by atoms with Crippen molar-refractivity contribution >= 4 is 0 Å². The second-order valence-corrected chi connectivity index (χ2v) is 7.44. The van der Waals surface area contributed by atoms with Gasteiger partial charge in [0.05, 0.1) is 17.1 Å². The molecule has 4 aromatic rings. The molecule has 4 aromatic heterocycles. The van der Waals surface area contributed by atoms with E-state index in [1.807, 2.05) is 0 Å². The Balaban J connectivity index is 1.65. The molecule has 0 fully saturated rings. The normalized spacial score (nSPS) is 12.0. The van der Waals surface area contributed by atoms with E-state index >= 15 is 0 Å². The van der Waals surface area contributed by atoms with Crippen LogP contribution < -0.4 is 0 Å². The van der Waals surface area contributed by atoms with Crippen LogP contribution in [-0.2, 0) is 19.6 Å². The maximum atomic E-state index is 13.4. The van der Waals surface area contributed by atoms with Gasteiger partial charge in [0.1, 0.15) is 17.7 Å². The third-order valence-corrected chi connectivity index (χ3v) is 5.11. The molecular formula is C21H18F5N7. The minimum absolute atomic E-state index is 0.204. The zero-order valence-corrected chi connectivity index (χ0v) is 17.8. The van der Waals surface area contributed by atoms with Crippen LogP contribution in [0.25, 0.3) is 17.1 Å². The van der Waals surface area contributed by atoms with Gasteiger partial charge >= 0.3 is 6.18 Å². The first-order valence-corrected chi connectivity index (χ1v) is 9.76. The lowest BCUT2D eigenvalue weighted by Crippen LogP contribution is -2.08. The second-order valence-electron chi connectivity index (χ2n) is 7.44. The molecule has 172 valence electrons. The Bertz CT molecular complexity index is 1290. The van der Waals surface area contributed by atoms with Crippen molar-refractivity contribution in [1.82, 2.24) is 34.5 Å². The SMILES string of the molecule is Cc1cc(C(F)F)n(-c2cc(Cc3c(C)c(-c4ccc(C(F)(F)F)nc4)nn3C)ncn2)n1. The molecule has 0 saturated heterocycles. The molecule has 0 unspecified atom stereocenters. The van der Waals surface area contributed by atoms with Crippen LogP contribution >= 0.6 is 0 Å². The minimum Gasteiger partial charge on any atom is -0.271 e. The fraction of sp³-hybridized carbons (Fsp3) is 0.286. The summed E-state index contributed by atoms with van der Waals surface area (Å²) in [7, 11) is 1.71. The molecule has 7 nitrogen and oxygen atoms in total. The van der Waals surface area contributed by atoms with Crippen molar-refractivity contribution < 1.29 is 22.0 Å². The molecule has 0 bridgehead atoms. The summed E-state index contributed by atoms with van der Waals surface area (Å²) >= 11 is 0. The first-order valence-electron chi connectivity index (χ1n) is 9.76. The van der Waals surface area contributed by atoms with Gasteiger partial charge in [-0.15, -0.1) is 0 Å². The second kappa shape index (κ2) is 8.34. The highest BCUT2D eigenvalue weighted by molar-refractivity contribution is 5.63. The summed E-state index contributed by atoms with van der Waals surface area (Å²) in [5.74, 6) is 0.204. The standard InChI is InChI=1S/C21H18F5N7/c1-11-6-16(20(22)23)33(30-11)18-8-14(28-10-29-18)7-15-12(2)19(31-32(15)3)13-4-5-17(27-9-13)21(24,25)26/h4-6,8-10,20H,7H2,1-3H3. The van der Waals surface area contributed by atoms with Crippen LogP contribution in [-0.4, -0.2) is 34.5 Å². The molecule has 0 saturated carbocycles. The van der Waals surface area contributed by atoms with Crippen molar-refractivity contribution in [3.63, 3.8) is 0 Å². The van der Waals surface area contributed by atoms with Gasteiger partial charge in [0.15, 0.2) is 5.82 Å². The van der Waals surface area contributed by atoms with Gasteiger partial charge in [0.2, 0.25) is 0 Å². The summed E-state index contributed by atoms with van der Waals surface area (Å²) < 4.78 is 67.8. The molecule has 33 heavy (non-hydrogen) atoms. The Kier molecular flexibility index (Phi) is 5.68. The molecule has 0 aromatic carbocycles. The van der Waals surface area contributed by atoms with E-state index in [1.54, 1.807) is 31.6 Å². The van der Waals surface area contributed by atoms with Crippen LogP contribution in [0.3, 0.4) is 0 Å². The third kappa shape index (κ3) is 4.45. The van der Waals surface area contributed by atoms with E-state index in [9.17, 15) is 22.0 Å². The van der Waals surface area contributed by atoms with Crippen LogP contribution in [0, 0.1) is 13.8 Å². The number of aryl methyl sites for hydroxylation is 2. The van der Waals surface area contributed by atoms with Gasteiger partial charge in [0, 0.05) is 37.0 Å². The fourth-order valence-electron chi connectivity index (χ4n) is 3.52. The zero-order valence-electron chi connectivity index (χ0n) is 17.8. The molecule has 0 aliphatic heterocycles. The summed E-state index contributed by atoms with van der Waals surface area (Å²) in [4.78, 5) is 11.8. The molecule has 0 radical (unpaired) electrons. The molecule has 12 heteroatoms. The van der Waals surface area contributed by atoms with E-state index in [0.717, 1.165) is 28.2 Å². The number of hydrogen-bond donors (Lipinski definition) is 0. The lowest BCUT2D eigenvalue weighted by molar-refractivity contribution is -0.141. The zero-order chi connectivity index (χ0) is 23.9. The van der Waals surface area contributed by atoms with E-state index in [-0.39, 0.29) is 11.5 Å². The fourth-order valence-corrected chi connectivity index (χ4v) is 3.52. The maximum Gasteiger partial charge on any atom is 0.433 e. The van der Waals surface area contributed by atoms with Gasteiger partial charge in [-0.25, -0.2) is 23.4 Å². The smallest absolute Gasteiger partial charge is 0.271 e. The van der Waals surface area contributed by atoms with Crippen molar-refractivity contribution in [2.45, 2.75) is 32.9 Å². The number of halogens is 5. The average Bonchev–Trinajstić information content (AvgIpc) is 3.29.